The van der Waals surface area contributed by atoms with Crippen molar-refractivity contribution in [2.75, 3.05) is 37.1 Å². The molecule has 0 aliphatic rings. The normalized spacial score (nSPS) is 11.2. The molecule has 1 N–H and O–H groups in total. The third-order valence-electron chi connectivity index (χ3n) is 2.07. The molecule has 0 aromatic carbocycles. The molecule has 0 aliphatic heterocycles. The molecule has 0 saturated heterocycles. The molecule has 0 saturated carbocycles. The molecule has 0 aliphatic carbocycles. The highest BCUT2D eigenvalue weighted by atomic mass is 32.2. The number of anilines is 1. The lowest BCUT2D eigenvalue weighted by Crippen LogP contribution is -2.20. The smallest absolute Gasteiger partial charge is 0.422 e. The van der Waals surface area contributed by atoms with Gasteiger partial charge in [-0.05, 0) is 6.07 Å². The Bertz CT molecular complexity index is 458. The second-order valence-electron chi connectivity index (χ2n) is 3.88. The summed E-state index contributed by atoms with van der Waals surface area (Å²) in [6.07, 6.45) is -3.17. The van der Waals surface area contributed by atoms with Gasteiger partial charge in [0.25, 0.3) is 0 Å². The van der Waals surface area contributed by atoms with E-state index in [1.54, 1.807) is 7.11 Å². The van der Waals surface area contributed by atoms with E-state index in [0.29, 0.717) is 18.0 Å². The molecule has 0 fully saturated rings. The molecule has 0 bridgehead atoms. The zero-order valence-corrected chi connectivity index (χ0v) is 12.1. The SMILES string of the molecule is COCCSCC(=O)Nc1ccnc(OCC(F)(F)F)c1. The van der Waals surface area contributed by atoms with E-state index in [4.69, 9.17) is 4.74 Å². The third-order valence-corrected chi connectivity index (χ3v) is 2.99. The molecule has 0 unspecified atom stereocenters. The molecule has 21 heavy (non-hydrogen) atoms. The van der Waals surface area contributed by atoms with Gasteiger partial charge in [-0.15, -0.1) is 11.8 Å². The Hall–Kier alpha value is -1.48. The largest absolute Gasteiger partial charge is 0.468 e. The van der Waals surface area contributed by atoms with Gasteiger partial charge in [-0.3, -0.25) is 4.79 Å². The van der Waals surface area contributed by atoms with Crippen molar-refractivity contribution in [3.8, 4) is 5.88 Å². The molecule has 118 valence electrons. The number of hydrogen-bond donors (Lipinski definition) is 1. The number of rotatable bonds is 8. The fraction of sp³-hybridized carbons (Fsp3) is 0.500. The summed E-state index contributed by atoms with van der Waals surface area (Å²) in [7, 11) is 1.57. The summed E-state index contributed by atoms with van der Waals surface area (Å²) in [6.45, 7) is -0.882. The molecule has 0 atom stereocenters. The van der Waals surface area contributed by atoms with Gasteiger partial charge in [-0.25, -0.2) is 4.98 Å². The summed E-state index contributed by atoms with van der Waals surface area (Å²) in [5.74, 6) is 0.450. The summed E-state index contributed by atoms with van der Waals surface area (Å²) in [4.78, 5) is 15.2. The van der Waals surface area contributed by atoms with Crippen LogP contribution in [0.25, 0.3) is 0 Å². The van der Waals surface area contributed by atoms with Crippen LogP contribution in [-0.2, 0) is 9.53 Å². The average Bonchev–Trinajstić information content (AvgIpc) is 2.41. The van der Waals surface area contributed by atoms with E-state index in [2.05, 4.69) is 15.0 Å². The quantitative estimate of drug-likeness (QED) is 0.744. The molecule has 1 aromatic heterocycles. The number of hydrogen-bond acceptors (Lipinski definition) is 5. The Balaban J connectivity index is 2.43. The topological polar surface area (TPSA) is 60.5 Å². The molecule has 1 amide bonds. The van der Waals surface area contributed by atoms with Gasteiger partial charge in [-0.1, -0.05) is 0 Å². The van der Waals surface area contributed by atoms with Crippen LogP contribution in [-0.4, -0.2) is 48.9 Å². The van der Waals surface area contributed by atoms with Crippen molar-refractivity contribution in [2.24, 2.45) is 0 Å². The van der Waals surface area contributed by atoms with E-state index in [-0.39, 0.29) is 17.5 Å². The number of thioether (sulfide) groups is 1. The van der Waals surface area contributed by atoms with Crippen LogP contribution in [0.1, 0.15) is 0 Å². The minimum atomic E-state index is -4.43. The molecule has 0 spiro atoms. The van der Waals surface area contributed by atoms with E-state index in [9.17, 15) is 18.0 Å². The molecule has 1 aromatic rings. The molecule has 9 heteroatoms. The van der Waals surface area contributed by atoms with Gasteiger partial charge in [0.2, 0.25) is 11.8 Å². The van der Waals surface area contributed by atoms with Crippen LogP contribution in [0, 0.1) is 0 Å². The maximum absolute atomic E-state index is 12.0. The van der Waals surface area contributed by atoms with E-state index < -0.39 is 12.8 Å². The van der Waals surface area contributed by atoms with Gasteiger partial charge >= 0.3 is 6.18 Å². The number of ether oxygens (including phenoxy) is 2. The van der Waals surface area contributed by atoms with Crippen molar-refractivity contribution in [1.29, 1.82) is 0 Å². The van der Waals surface area contributed by atoms with Crippen LogP contribution < -0.4 is 10.1 Å². The Kier molecular flexibility index (Phi) is 7.30. The fourth-order valence-electron chi connectivity index (χ4n) is 1.23. The second kappa shape index (κ2) is 8.73. The maximum Gasteiger partial charge on any atom is 0.422 e. The number of carbonyl (C=O) groups is 1. The van der Waals surface area contributed by atoms with Gasteiger partial charge in [0.05, 0.1) is 12.4 Å². The zero-order chi connectivity index (χ0) is 15.7. The zero-order valence-electron chi connectivity index (χ0n) is 11.3. The molecular weight excluding hydrogens is 309 g/mol. The van der Waals surface area contributed by atoms with Crippen LogP contribution in [0.5, 0.6) is 5.88 Å². The summed E-state index contributed by atoms with van der Waals surface area (Å²) < 4.78 is 45.4. The highest BCUT2D eigenvalue weighted by Crippen LogP contribution is 2.19. The lowest BCUT2D eigenvalue weighted by molar-refractivity contribution is -0.154. The average molecular weight is 324 g/mol. The number of pyridine rings is 1. The first-order chi connectivity index (χ1) is 9.90. The number of halogens is 3. The van der Waals surface area contributed by atoms with Crippen molar-refractivity contribution in [1.82, 2.24) is 4.98 Å². The predicted molar refractivity (Wildman–Crippen MR) is 73.6 cm³/mol. The Morgan fingerprint density at radius 1 is 1.48 bits per heavy atom. The highest BCUT2D eigenvalue weighted by molar-refractivity contribution is 7.99. The fourth-order valence-corrected chi connectivity index (χ4v) is 1.91. The third kappa shape index (κ3) is 8.41. The van der Waals surface area contributed by atoms with Crippen molar-refractivity contribution >= 4 is 23.4 Å². The molecule has 0 radical (unpaired) electrons. The standard InChI is InChI=1S/C12H15F3N2O3S/c1-19-4-5-21-7-10(18)17-9-2-3-16-11(6-9)20-8-12(13,14)15/h2-3,6H,4-5,7-8H2,1H3,(H,16,17,18). The molecule has 1 heterocycles. The first-order valence-corrected chi connectivity index (χ1v) is 7.08. The summed E-state index contributed by atoms with van der Waals surface area (Å²) in [6, 6.07) is 2.71. The highest BCUT2D eigenvalue weighted by Gasteiger charge is 2.28. The minimum Gasteiger partial charge on any atom is -0.468 e. The lowest BCUT2D eigenvalue weighted by atomic mass is 10.4. The van der Waals surface area contributed by atoms with E-state index >= 15 is 0 Å². The maximum atomic E-state index is 12.0. The van der Waals surface area contributed by atoms with Crippen LogP contribution in [0.3, 0.4) is 0 Å². The van der Waals surface area contributed by atoms with Crippen molar-refractivity contribution in [3.05, 3.63) is 18.3 Å². The van der Waals surface area contributed by atoms with Gasteiger partial charge in [0.15, 0.2) is 6.61 Å². The van der Waals surface area contributed by atoms with E-state index in [0.717, 1.165) is 0 Å². The number of carbonyl (C=O) groups excluding carboxylic acids is 1. The summed E-state index contributed by atoms with van der Waals surface area (Å²) in [5, 5.41) is 2.55. The van der Waals surface area contributed by atoms with Crippen molar-refractivity contribution < 1.29 is 27.4 Å². The predicted octanol–water partition coefficient (Wildman–Crippen LogP) is 2.34. The van der Waals surface area contributed by atoms with Crippen LogP contribution in [0.4, 0.5) is 18.9 Å². The Morgan fingerprint density at radius 2 is 2.24 bits per heavy atom. The van der Waals surface area contributed by atoms with Crippen LogP contribution in [0.2, 0.25) is 0 Å². The number of aromatic nitrogens is 1. The van der Waals surface area contributed by atoms with Crippen molar-refractivity contribution in [3.63, 3.8) is 0 Å². The number of amides is 1. The molecular formula is C12H15F3N2O3S. The lowest BCUT2D eigenvalue weighted by Gasteiger charge is -2.10. The number of nitrogens with one attached hydrogen (secondary N) is 1. The Morgan fingerprint density at radius 3 is 2.90 bits per heavy atom. The van der Waals surface area contributed by atoms with Crippen molar-refractivity contribution in [2.45, 2.75) is 6.18 Å². The summed E-state index contributed by atoms with van der Waals surface area (Å²) >= 11 is 1.39. The van der Waals surface area contributed by atoms with Crippen LogP contribution in [0.15, 0.2) is 18.3 Å². The van der Waals surface area contributed by atoms with Crippen LogP contribution >= 0.6 is 11.8 Å². The molecule has 5 nitrogen and oxygen atoms in total. The van der Waals surface area contributed by atoms with Gasteiger partial charge in [0, 0.05) is 30.8 Å². The van der Waals surface area contributed by atoms with Gasteiger partial charge in [-0.2, -0.15) is 13.2 Å². The first kappa shape index (κ1) is 17.6. The van der Waals surface area contributed by atoms with Gasteiger partial charge in [0.1, 0.15) is 0 Å². The van der Waals surface area contributed by atoms with E-state index in [1.165, 1.54) is 30.1 Å². The minimum absolute atomic E-state index is 0.197. The number of methoxy groups -OCH3 is 1. The second-order valence-corrected chi connectivity index (χ2v) is 4.99. The summed E-state index contributed by atoms with van der Waals surface area (Å²) in [5.41, 5.74) is 0.333. The monoisotopic (exact) mass is 324 g/mol. The Labute approximate surface area is 124 Å². The van der Waals surface area contributed by atoms with E-state index in [1.807, 2.05) is 0 Å². The number of nitrogens with zero attached hydrogens (tertiary/aromatic N) is 1. The molecule has 1 rings (SSSR count). The number of alkyl halides is 3. The first-order valence-electron chi connectivity index (χ1n) is 5.93. The van der Waals surface area contributed by atoms with Gasteiger partial charge < -0.3 is 14.8 Å².